The highest BCUT2D eigenvalue weighted by molar-refractivity contribution is 6.30. The van der Waals surface area contributed by atoms with E-state index in [1.807, 2.05) is 0 Å². The van der Waals surface area contributed by atoms with Crippen molar-refractivity contribution in [3.63, 3.8) is 0 Å². The lowest BCUT2D eigenvalue weighted by Gasteiger charge is -2.30. The number of nitrogens with two attached hydrogens (primary N) is 1. The number of benzene rings is 2. The third-order valence-corrected chi connectivity index (χ3v) is 8.51. The summed E-state index contributed by atoms with van der Waals surface area (Å²) in [6.07, 6.45) is 2.98. The van der Waals surface area contributed by atoms with Crippen molar-refractivity contribution in [1.29, 1.82) is 0 Å². The fourth-order valence-corrected chi connectivity index (χ4v) is 5.81. The van der Waals surface area contributed by atoms with Crippen LogP contribution in [0, 0.1) is 17.6 Å². The molecule has 2 aromatic carbocycles. The molecular formula is C32H31ClF3N5O5. The number of pyridine rings is 1. The van der Waals surface area contributed by atoms with Gasteiger partial charge in [0.1, 0.15) is 39.9 Å². The molecule has 2 amide bonds. The van der Waals surface area contributed by atoms with Gasteiger partial charge in [-0.25, -0.2) is 22.8 Å². The second kappa shape index (κ2) is 11.8. The van der Waals surface area contributed by atoms with Gasteiger partial charge in [-0.1, -0.05) is 11.6 Å². The summed E-state index contributed by atoms with van der Waals surface area (Å²) in [5.74, 6) is -5.12. The molecule has 46 heavy (non-hydrogen) atoms. The Labute approximate surface area is 266 Å². The second-order valence-corrected chi connectivity index (χ2v) is 12.1. The fraction of sp³-hybridized carbons (Fsp3) is 0.375. The summed E-state index contributed by atoms with van der Waals surface area (Å²) in [7, 11) is 1.41. The van der Waals surface area contributed by atoms with Crippen molar-refractivity contribution < 1.29 is 37.3 Å². The summed E-state index contributed by atoms with van der Waals surface area (Å²) in [4.78, 5) is 30.0. The minimum atomic E-state index is -1.81. The number of methoxy groups -OCH3 is 1. The van der Waals surface area contributed by atoms with Crippen LogP contribution in [0.5, 0.6) is 11.5 Å². The van der Waals surface area contributed by atoms with Crippen molar-refractivity contribution in [1.82, 2.24) is 20.1 Å². The van der Waals surface area contributed by atoms with Crippen molar-refractivity contribution in [3.05, 3.63) is 70.0 Å². The molecular weight excluding hydrogens is 627 g/mol. The lowest BCUT2D eigenvalue weighted by molar-refractivity contribution is -0.117. The number of rotatable bonds is 12. The fourth-order valence-electron chi connectivity index (χ4n) is 5.62. The highest BCUT2D eigenvalue weighted by Crippen LogP contribution is 2.48. The lowest BCUT2D eigenvalue weighted by Crippen LogP contribution is -2.43. The predicted molar refractivity (Wildman–Crippen MR) is 162 cm³/mol. The molecule has 2 fully saturated rings. The molecule has 10 nitrogen and oxygen atoms in total. The first-order chi connectivity index (χ1) is 21.9. The van der Waals surface area contributed by atoms with Crippen molar-refractivity contribution in [2.75, 3.05) is 20.3 Å². The summed E-state index contributed by atoms with van der Waals surface area (Å²) in [5, 5.41) is 19.5. The number of carbonyl (C=O) groups is 2. The Morgan fingerprint density at radius 1 is 1.20 bits per heavy atom. The number of aliphatic hydroxyl groups is 1. The molecule has 0 bridgehead atoms. The number of ether oxygens (including phenoxy) is 2. The number of carbonyl (C=O) groups excluding carboxylic acids is 2. The number of nitrogens with one attached hydrogen (secondary N) is 1. The van der Waals surface area contributed by atoms with Gasteiger partial charge in [-0.15, -0.1) is 0 Å². The monoisotopic (exact) mass is 657 g/mol. The minimum Gasteiger partial charge on any atom is -0.494 e. The zero-order valence-electron chi connectivity index (χ0n) is 25.0. The van der Waals surface area contributed by atoms with Gasteiger partial charge in [0.05, 0.1) is 37.9 Å². The predicted octanol–water partition coefficient (Wildman–Crippen LogP) is 4.91. The third kappa shape index (κ3) is 5.84. The Morgan fingerprint density at radius 2 is 1.89 bits per heavy atom. The number of aromatic nitrogens is 3. The maximum Gasteiger partial charge on any atom is 0.251 e. The van der Waals surface area contributed by atoms with E-state index < -0.39 is 40.4 Å². The molecule has 6 rings (SSSR count). The van der Waals surface area contributed by atoms with Crippen LogP contribution in [0.25, 0.3) is 22.2 Å². The van der Waals surface area contributed by atoms with E-state index in [0.717, 1.165) is 12.1 Å². The molecule has 242 valence electrons. The molecule has 4 N–H and O–H groups in total. The van der Waals surface area contributed by atoms with Crippen LogP contribution in [0.3, 0.4) is 0 Å². The van der Waals surface area contributed by atoms with E-state index in [1.54, 1.807) is 13.0 Å². The van der Waals surface area contributed by atoms with Gasteiger partial charge >= 0.3 is 0 Å². The molecule has 0 radical (unpaired) electrons. The molecule has 2 heterocycles. The molecule has 1 atom stereocenters. The zero-order valence-corrected chi connectivity index (χ0v) is 25.8. The first-order valence-electron chi connectivity index (χ1n) is 14.7. The SMILES string of the molecule is CCOc1c(CC(N)=O)cc([C@@](O)(CNC(=O)c2cc(OC)c3nn(C4(F)CC4)cc3c2)C2CC2)nc1-c1c(F)cc(Cl)cc1F. The van der Waals surface area contributed by atoms with Gasteiger partial charge in [-0.3, -0.25) is 9.59 Å². The van der Waals surface area contributed by atoms with Crippen LogP contribution in [0.1, 0.15) is 54.2 Å². The molecule has 2 saturated carbocycles. The largest absolute Gasteiger partial charge is 0.494 e. The zero-order chi connectivity index (χ0) is 33.0. The smallest absolute Gasteiger partial charge is 0.251 e. The number of nitrogens with zero attached hydrogens (tertiary/aromatic N) is 3. The molecule has 2 aliphatic carbocycles. The average Bonchev–Trinajstić information content (AvgIpc) is 3.94. The Morgan fingerprint density at radius 3 is 2.48 bits per heavy atom. The highest BCUT2D eigenvalue weighted by Gasteiger charge is 2.48. The molecule has 0 aliphatic heterocycles. The van der Waals surface area contributed by atoms with Crippen LogP contribution in [0.2, 0.25) is 5.02 Å². The van der Waals surface area contributed by atoms with Crippen molar-refractivity contribution in [2.24, 2.45) is 11.7 Å². The third-order valence-electron chi connectivity index (χ3n) is 8.29. The highest BCUT2D eigenvalue weighted by atomic mass is 35.5. The molecule has 4 aromatic rings. The summed E-state index contributed by atoms with van der Waals surface area (Å²) < 4.78 is 57.5. The van der Waals surface area contributed by atoms with E-state index >= 15 is 8.78 Å². The Balaban J connectivity index is 1.39. The normalized spacial score (nSPS) is 16.6. The van der Waals surface area contributed by atoms with Crippen molar-refractivity contribution >= 4 is 34.3 Å². The summed E-state index contributed by atoms with van der Waals surface area (Å²) in [6.45, 7) is 1.37. The quantitative estimate of drug-likeness (QED) is 0.197. The van der Waals surface area contributed by atoms with E-state index in [0.29, 0.717) is 36.6 Å². The van der Waals surface area contributed by atoms with E-state index in [1.165, 1.54) is 30.1 Å². The maximum absolute atomic E-state index is 15.2. The van der Waals surface area contributed by atoms with Gasteiger partial charge in [-0.2, -0.15) is 5.10 Å². The van der Waals surface area contributed by atoms with Crippen LogP contribution < -0.4 is 20.5 Å². The van der Waals surface area contributed by atoms with Gasteiger partial charge < -0.3 is 25.6 Å². The van der Waals surface area contributed by atoms with Gasteiger partial charge in [0.15, 0.2) is 0 Å². The van der Waals surface area contributed by atoms with Crippen molar-refractivity contribution in [2.45, 2.75) is 50.4 Å². The van der Waals surface area contributed by atoms with Crippen LogP contribution >= 0.6 is 11.6 Å². The summed E-state index contributed by atoms with van der Waals surface area (Å²) in [5.41, 5.74) is 3.52. The van der Waals surface area contributed by atoms with E-state index in [9.17, 15) is 19.1 Å². The molecule has 2 aromatic heterocycles. The number of alkyl halides is 1. The van der Waals surface area contributed by atoms with Crippen molar-refractivity contribution in [3.8, 4) is 22.8 Å². The van der Waals surface area contributed by atoms with Gasteiger partial charge in [0, 0.05) is 40.6 Å². The Kier molecular flexibility index (Phi) is 8.09. The second-order valence-electron chi connectivity index (χ2n) is 11.7. The molecule has 2 aliphatic rings. The minimum absolute atomic E-state index is 0.0364. The van der Waals surface area contributed by atoms with Crippen LogP contribution in [0.15, 0.2) is 36.5 Å². The van der Waals surface area contributed by atoms with Crippen LogP contribution in [-0.4, -0.2) is 51.9 Å². The Bertz CT molecular complexity index is 1850. The maximum atomic E-state index is 15.2. The molecule has 0 spiro atoms. The Hall–Kier alpha value is -4.36. The summed E-state index contributed by atoms with van der Waals surface area (Å²) in [6, 6.07) is 6.25. The molecule has 14 heteroatoms. The molecule has 0 saturated heterocycles. The number of primary amides is 1. The van der Waals surface area contributed by atoms with Crippen LogP contribution in [0.4, 0.5) is 13.2 Å². The first kappa shape index (κ1) is 31.6. The van der Waals surface area contributed by atoms with Crippen LogP contribution in [-0.2, 0) is 22.6 Å². The number of halogens is 4. The standard InChI is InChI=1S/C32H31ClF3N5O5/c1-3-46-29-16(11-25(37)42)10-24(39-28(29)26-21(34)12-20(33)13-22(26)35)32(44,19-4-5-19)15-38-30(43)17-8-18-14-41(31(36)6-7-31)40-27(18)23(9-17)45-2/h8-10,12-14,19,44H,3-7,11,15H2,1-2H3,(H2,37,42)(H,38,43)/t32-/m1/s1. The average molecular weight is 658 g/mol. The van der Waals surface area contributed by atoms with E-state index in [2.05, 4.69) is 15.4 Å². The number of hydrogen-bond acceptors (Lipinski definition) is 7. The first-order valence-corrected chi connectivity index (χ1v) is 15.1. The number of hydrogen-bond donors (Lipinski definition) is 3. The molecule has 0 unspecified atom stereocenters. The lowest BCUT2D eigenvalue weighted by atomic mass is 9.90. The number of fused-ring (bicyclic) bond motifs is 1. The van der Waals surface area contributed by atoms with Gasteiger partial charge in [0.2, 0.25) is 11.7 Å². The van der Waals surface area contributed by atoms with Gasteiger partial charge in [-0.05, 0) is 56.0 Å². The van der Waals surface area contributed by atoms with E-state index in [4.69, 9.17) is 26.8 Å². The van der Waals surface area contributed by atoms with Gasteiger partial charge in [0.25, 0.3) is 5.91 Å². The van der Waals surface area contributed by atoms with E-state index in [-0.39, 0.29) is 64.5 Å². The number of amides is 2. The summed E-state index contributed by atoms with van der Waals surface area (Å²) >= 11 is 5.86. The topological polar surface area (TPSA) is 142 Å².